The second kappa shape index (κ2) is 7.27. The van der Waals surface area contributed by atoms with E-state index < -0.39 is 10.0 Å². The van der Waals surface area contributed by atoms with E-state index >= 15 is 0 Å². The van der Waals surface area contributed by atoms with E-state index in [0.29, 0.717) is 30.6 Å². The maximum absolute atomic E-state index is 12.7. The molecule has 2 rings (SSSR count). The molecule has 1 aromatic rings. The molecule has 2 atom stereocenters. The Morgan fingerprint density at radius 2 is 1.74 bits per heavy atom. The Hall–Kier alpha value is -1.66. The van der Waals surface area contributed by atoms with E-state index in [2.05, 4.69) is 19.2 Å². The minimum atomic E-state index is -3.48. The number of hydrogen-bond acceptors (Lipinski definition) is 3. The fourth-order valence-corrected chi connectivity index (χ4v) is 4.68. The molecule has 0 radical (unpaired) electrons. The highest BCUT2D eigenvalue weighted by atomic mass is 32.2. The summed E-state index contributed by atoms with van der Waals surface area (Å²) in [6.45, 7) is 7.05. The van der Waals surface area contributed by atoms with Crippen LogP contribution in [-0.2, 0) is 14.8 Å². The van der Waals surface area contributed by atoms with Crippen LogP contribution < -0.4 is 5.32 Å². The van der Waals surface area contributed by atoms with Gasteiger partial charge in [-0.3, -0.25) is 4.79 Å². The fourth-order valence-electron chi connectivity index (χ4n) is 3.00. The van der Waals surface area contributed by atoms with Crippen LogP contribution in [0.2, 0.25) is 0 Å². The van der Waals surface area contributed by atoms with Crippen LogP contribution in [0.25, 0.3) is 0 Å². The van der Waals surface area contributed by atoms with Crippen molar-refractivity contribution in [3.05, 3.63) is 36.4 Å². The zero-order valence-corrected chi connectivity index (χ0v) is 14.6. The lowest BCUT2D eigenvalue weighted by molar-refractivity contribution is -0.111. The van der Waals surface area contributed by atoms with E-state index in [1.165, 1.54) is 6.08 Å². The van der Waals surface area contributed by atoms with Gasteiger partial charge in [-0.1, -0.05) is 19.9 Å². The molecule has 1 aliphatic rings. The van der Waals surface area contributed by atoms with Gasteiger partial charge in [0.2, 0.25) is 15.9 Å². The average molecular weight is 336 g/mol. The van der Waals surface area contributed by atoms with E-state index in [9.17, 15) is 13.2 Å². The minimum Gasteiger partial charge on any atom is -0.323 e. The number of hydrogen-bond donors (Lipinski definition) is 1. The van der Waals surface area contributed by atoms with Crippen LogP contribution in [-0.4, -0.2) is 31.7 Å². The highest BCUT2D eigenvalue weighted by molar-refractivity contribution is 7.89. The largest absolute Gasteiger partial charge is 0.323 e. The molecular formula is C17H24N2O3S. The molecule has 1 amide bonds. The van der Waals surface area contributed by atoms with Gasteiger partial charge < -0.3 is 5.32 Å². The number of amides is 1. The van der Waals surface area contributed by atoms with E-state index in [-0.39, 0.29) is 10.8 Å². The van der Waals surface area contributed by atoms with Gasteiger partial charge in [-0.2, -0.15) is 4.31 Å². The lowest BCUT2D eigenvalue weighted by atomic mass is 9.94. The predicted octanol–water partition coefficient (Wildman–Crippen LogP) is 2.87. The minimum absolute atomic E-state index is 0.234. The summed E-state index contributed by atoms with van der Waals surface area (Å²) in [5.74, 6) is 0.502. The van der Waals surface area contributed by atoms with Gasteiger partial charge in [0.15, 0.2) is 0 Å². The molecule has 5 nitrogen and oxygen atoms in total. The number of carbonyl (C=O) groups excluding carboxylic acids is 1. The fraction of sp³-hybridized carbons (Fsp3) is 0.471. The maximum atomic E-state index is 12.7. The van der Waals surface area contributed by atoms with E-state index in [0.717, 1.165) is 6.42 Å². The summed E-state index contributed by atoms with van der Waals surface area (Å²) in [6, 6.07) is 6.32. The number of carbonyl (C=O) groups is 1. The molecular weight excluding hydrogens is 312 g/mol. The Morgan fingerprint density at radius 1 is 1.17 bits per heavy atom. The second-order valence-corrected chi connectivity index (χ2v) is 8.22. The summed E-state index contributed by atoms with van der Waals surface area (Å²) in [6.07, 6.45) is 4.12. The first-order valence-electron chi connectivity index (χ1n) is 7.87. The van der Waals surface area contributed by atoms with Crippen LogP contribution in [0.3, 0.4) is 0 Å². The van der Waals surface area contributed by atoms with Crippen LogP contribution in [0, 0.1) is 11.8 Å². The normalized spacial score (nSPS) is 23.1. The van der Waals surface area contributed by atoms with Crippen molar-refractivity contribution in [2.24, 2.45) is 11.8 Å². The Bertz CT molecular complexity index is 670. The third-order valence-electron chi connectivity index (χ3n) is 3.91. The number of benzene rings is 1. The zero-order valence-electron chi connectivity index (χ0n) is 13.8. The lowest BCUT2D eigenvalue weighted by Gasteiger charge is -2.34. The first kappa shape index (κ1) is 17.7. The molecule has 1 N–H and O–H groups in total. The van der Waals surface area contributed by atoms with E-state index in [1.54, 1.807) is 41.6 Å². The van der Waals surface area contributed by atoms with Crippen molar-refractivity contribution in [2.45, 2.75) is 32.1 Å². The molecule has 0 spiro atoms. The molecule has 0 bridgehead atoms. The van der Waals surface area contributed by atoms with Gasteiger partial charge in [0.05, 0.1) is 4.90 Å². The standard InChI is InChI=1S/C17H24N2O3S/c1-4-5-17(20)18-15-6-8-16(9-7-15)23(21,22)19-11-13(2)10-14(3)12-19/h4-9,13-14H,10-12H2,1-3H3,(H,18,20)/b5-4+/t13-,14+. The third kappa shape index (κ3) is 4.42. The smallest absolute Gasteiger partial charge is 0.248 e. The number of nitrogens with zero attached hydrogens (tertiary/aromatic N) is 1. The van der Waals surface area contributed by atoms with E-state index in [1.807, 2.05) is 0 Å². The van der Waals surface area contributed by atoms with Crippen molar-refractivity contribution in [1.29, 1.82) is 0 Å². The Labute approximate surface area is 138 Å². The van der Waals surface area contributed by atoms with Gasteiger partial charge in [-0.25, -0.2) is 8.42 Å². The first-order valence-corrected chi connectivity index (χ1v) is 9.31. The summed E-state index contributed by atoms with van der Waals surface area (Å²) in [4.78, 5) is 11.8. The highest BCUT2D eigenvalue weighted by Gasteiger charge is 2.31. The van der Waals surface area contributed by atoms with Gasteiger partial charge in [0.25, 0.3) is 0 Å². The molecule has 1 saturated heterocycles. The van der Waals surface area contributed by atoms with E-state index in [4.69, 9.17) is 0 Å². The van der Waals surface area contributed by atoms with Crippen molar-refractivity contribution in [3.63, 3.8) is 0 Å². The van der Waals surface area contributed by atoms with Crippen molar-refractivity contribution >= 4 is 21.6 Å². The van der Waals surface area contributed by atoms with Crippen molar-refractivity contribution in [3.8, 4) is 0 Å². The zero-order chi connectivity index (χ0) is 17.0. The van der Waals surface area contributed by atoms with Gasteiger partial charge in [-0.15, -0.1) is 0 Å². The molecule has 1 aliphatic heterocycles. The van der Waals surface area contributed by atoms with Gasteiger partial charge >= 0.3 is 0 Å². The summed E-state index contributed by atoms with van der Waals surface area (Å²) in [7, 11) is -3.48. The Kier molecular flexibility index (Phi) is 5.59. The average Bonchev–Trinajstić information content (AvgIpc) is 2.47. The van der Waals surface area contributed by atoms with Crippen molar-refractivity contribution in [1.82, 2.24) is 4.31 Å². The number of anilines is 1. The molecule has 0 saturated carbocycles. The SMILES string of the molecule is C/C=C/C(=O)Nc1ccc(S(=O)(=O)N2C[C@H](C)C[C@H](C)C2)cc1. The molecule has 23 heavy (non-hydrogen) atoms. The molecule has 6 heteroatoms. The van der Waals surface area contributed by atoms with Crippen molar-refractivity contribution < 1.29 is 13.2 Å². The second-order valence-electron chi connectivity index (χ2n) is 6.28. The predicted molar refractivity (Wildman–Crippen MR) is 91.6 cm³/mol. The Balaban J connectivity index is 2.15. The molecule has 126 valence electrons. The summed E-state index contributed by atoms with van der Waals surface area (Å²) in [5.41, 5.74) is 0.576. The molecule has 1 heterocycles. The van der Waals surface area contributed by atoms with Crippen LogP contribution >= 0.6 is 0 Å². The van der Waals surface area contributed by atoms with Crippen molar-refractivity contribution in [2.75, 3.05) is 18.4 Å². The molecule has 0 unspecified atom stereocenters. The molecule has 1 fully saturated rings. The number of rotatable bonds is 4. The first-order chi connectivity index (χ1) is 10.8. The lowest BCUT2D eigenvalue weighted by Crippen LogP contribution is -2.42. The van der Waals surface area contributed by atoms with Crippen LogP contribution in [0.1, 0.15) is 27.2 Å². The number of nitrogens with one attached hydrogen (secondary N) is 1. The summed E-state index contributed by atoms with van der Waals surface area (Å²) in [5, 5.41) is 2.68. The number of piperidine rings is 1. The van der Waals surface area contributed by atoms with Crippen LogP contribution in [0.4, 0.5) is 5.69 Å². The number of sulfonamides is 1. The summed E-state index contributed by atoms with van der Waals surface area (Å²) >= 11 is 0. The van der Waals surface area contributed by atoms with Gasteiger partial charge in [0.1, 0.15) is 0 Å². The van der Waals surface area contributed by atoms with Gasteiger partial charge in [-0.05, 0) is 55.5 Å². The molecule has 0 aliphatic carbocycles. The molecule has 0 aromatic heterocycles. The molecule has 1 aromatic carbocycles. The van der Waals surface area contributed by atoms with Crippen LogP contribution in [0.15, 0.2) is 41.3 Å². The topological polar surface area (TPSA) is 66.5 Å². The monoisotopic (exact) mass is 336 g/mol. The number of allylic oxidation sites excluding steroid dienone is 1. The van der Waals surface area contributed by atoms with Gasteiger partial charge in [0, 0.05) is 18.8 Å². The summed E-state index contributed by atoms with van der Waals surface area (Å²) < 4.78 is 27.1. The maximum Gasteiger partial charge on any atom is 0.248 e. The Morgan fingerprint density at radius 3 is 2.26 bits per heavy atom. The third-order valence-corrected chi connectivity index (χ3v) is 5.76. The quantitative estimate of drug-likeness (QED) is 0.860. The highest BCUT2D eigenvalue weighted by Crippen LogP contribution is 2.27. The van der Waals surface area contributed by atoms with Crippen LogP contribution in [0.5, 0.6) is 0 Å².